The SMILES string of the molecule is O=C(C[N+]#Cc1ccccc1)c1ccccc1. The standard InChI is InChI=1S/C15H12NO/c17-15(14-9-5-2-6-10-14)12-16-11-13-7-3-1-4-8-13/h1-10H,12H2/q+1. The predicted molar refractivity (Wildman–Crippen MR) is 68.4 cm³/mol. The lowest BCUT2D eigenvalue weighted by Crippen LogP contribution is -2.00. The number of rotatable bonds is 2. The highest BCUT2D eigenvalue weighted by molar-refractivity contribution is 5.98. The molecule has 2 heteroatoms. The Morgan fingerprint density at radius 2 is 1.53 bits per heavy atom. The van der Waals surface area contributed by atoms with Crippen LogP contribution in [0.1, 0.15) is 15.9 Å². The van der Waals surface area contributed by atoms with E-state index in [1.54, 1.807) is 12.1 Å². The van der Waals surface area contributed by atoms with Crippen LogP contribution in [-0.4, -0.2) is 12.3 Å². The van der Waals surface area contributed by atoms with Crippen molar-refractivity contribution in [2.24, 2.45) is 0 Å². The zero-order valence-corrected chi connectivity index (χ0v) is 9.34. The summed E-state index contributed by atoms with van der Waals surface area (Å²) < 4.78 is 0. The van der Waals surface area contributed by atoms with Gasteiger partial charge in [-0.1, -0.05) is 53.4 Å². The number of nitrogens with zero attached hydrogens (tertiary/aromatic N) is 1. The Balaban J connectivity index is 2.00. The van der Waals surface area contributed by atoms with Crippen molar-refractivity contribution in [1.82, 2.24) is 0 Å². The minimum Gasteiger partial charge on any atom is -0.286 e. The maximum Gasteiger partial charge on any atom is 0.325 e. The molecule has 0 saturated carbocycles. The fourth-order valence-electron chi connectivity index (χ4n) is 1.43. The number of carbonyl (C=O) groups excluding carboxylic acids is 1. The van der Waals surface area contributed by atoms with Gasteiger partial charge in [-0.3, -0.25) is 4.79 Å². The first-order valence-corrected chi connectivity index (χ1v) is 5.42. The molecule has 0 N–H and O–H groups in total. The molecule has 0 radical (unpaired) electrons. The highest BCUT2D eigenvalue weighted by Crippen LogP contribution is 2.01. The lowest BCUT2D eigenvalue weighted by Gasteiger charge is -1.89. The molecule has 0 fully saturated rings. The van der Waals surface area contributed by atoms with Crippen LogP contribution in [0.25, 0.3) is 4.85 Å². The first-order chi connectivity index (χ1) is 8.36. The summed E-state index contributed by atoms with van der Waals surface area (Å²) in [6, 6.07) is 21.6. The van der Waals surface area contributed by atoms with Gasteiger partial charge in [-0.15, -0.1) is 0 Å². The number of carbonyl (C=O) groups is 1. The number of benzene rings is 2. The molecule has 2 aromatic rings. The van der Waals surface area contributed by atoms with Gasteiger partial charge in [0.1, 0.15) is 5.56 Å². The summed E-state index contributed by atoms with van der Waals surface area (Å²) in [6.07, 6.45) is 0. The van der Waals surface area contributed by atoms with Gasteiger partial charge in [0, 0.05) is 5.56 Å². The van der Waals surface area contributed by atoms with Crippen molar-refractivity contribution in [2.75, 3.05) is 6.54 Å². The first kappa shape index (κ1) is 11.1. The van der Waals surface area contributed by atoms with Crippen LogP contribution in [0.3, 0.4) is 0 Å². The molecule has 2 nitrogen and oxygen atoms in total. The summed E-state index contributed by atoms with van der Waals surface area (Å²) in [6.45, 7) is 0.138. The summed E-state index contributed by atoms with van der Waals surface area (Å²) in [5.74, 6) is 0.00836. The first-order valence-electron chi connectivity index (χ1n) is 5.42. The van der Waals surface area contributed by atoms with Crippen LogP contribution in [0, 0.1) is 6.07 Å². The van der Waals surface area contributed by atoms with E-state index in [0.29, 0.717) is 5.56 Å². The van der Waals surface area contributed by atoms with Crippen molar-refractivity contribution >= 4 is 5.78 Å². The van der Waals surface area contributed by atoms with Crippen LogP contribution in [-0.2, 0) is 0 Å². The largest absolute Gasteiger partial charge is 0.325 e. The molecule has 0 bridgehead atoms. The van der Waals surface area contributed by atoms with Crippen molar-refractivity contribution in [1.29, 1.82) is 0 Å². The minimum absolute atomic E-state index is 0.00836. The van der Waals surface area contributed by atoms with Gasteiger partial charge >= 0.3 is 12.6 Å². The monoisotopic (exact) mass is 222 g/mol. The summed E-state index contributed by atoms with van der Waals surface area (Å²) >= 11 is 0. The second kappa shape index (κ2) is 5.62. The van der Waals surface area contributed by atoms with E-state index in [0.717, 1.165) is 5.56 Å². The van der Waals surface area contributed by atoms with Gasteiger partial charge in [0.05, 0.1) is 0 Å². The predicted octanol–water partition coefficient (Wildman–Crippen LogP) is 3.25. The van der Waals surface area contributed by atoms with E-state index in [4.69, 9.17) is 0 Å². The normalized spacial score (nSPS) is 9.18. The molecular formula is C15H12NO+. The molecule has 2 aromatic carbocycles. The summed E-state index contributed by atoms with van der Waals surface area (Å²) in [4.78, 5) is 15.7. The molecule has 17 heavy (non-hydrogen) atoms. The van der Waals surface area contributed by atoms with E-state index in [-0.39, 0.29) is 12.3 Å². The number of hydrogen-bond acceptors (Lipinski definition) is 1. The summed E-state index contributed by atoms with van der Waals surface area (Å²) in [5, 5.41) is 0. The Bertz CT molecular complexity index is 550. The third kappa shape index (κ3) is 3.29. The van der Waals surface area contributed by atoms with Gasteiger partial charge in [-0.2, -0.15) is 0 Å². The molecule has 0 spiro atoms. The highest BCUT2D eigenvalue weighted by atomic mass is 16.1. The zero-order chi connectivity index (χ0) is 11.9. The third-order valence-corrected chi connectivity index (χ3v) is 2.30. The average molecular weight is 222 g/mol. The van der Waals surface area contributed by atoms with Gasteiger partial charge < -0.3 is 0 Å². The lowest BCUT2D eigenvalue weighted by atomic mass is 10.1. The van der Waals surface area contributed by atoms with Crippen molar-refractivity contribution in [3.8, 4) is 6.07 Å². The van der Waals surface area contributed by atoms with E-state index in [9.17, 15) is 4.79 Å². The van der Waals surface area contributed by atoms with Crippen molar-refractivity contribution in [2.45, 2.75) is 0 Å². The van der Waals surface area contributed by atoms with E-state index >= 15 is 0 Å². The zero-order valence-electron chi connectivity index (χ0n) is 9.34. The Morgan fingerprint density at radius 1 is 0.941 bits per heavy atom. The number of Topliss-reactive ketones (excluding diaryl/α,β-unsaturated/α-hetero) is 1. The second-order valence-electron chi connectivity index (χ2n) is 3.58. The lowest BCUT2D eigenvalue weighted by molar-refractivity contribution is 0.101. The Labute approximate surface area is 100 Å². The van der Waals surface area contributed by atoms with Gasteiger partial charge in [0.2, 0.25) is 5.78 Å². The molecule has 82 valence electrons. The highest BCUT2D eigenvalue weighted by Gasteiger charge is 2.09. The van der Waals surface area contributed by atoms with E-state index < -0.39 is 0 Å². The number of hydrogen-bond donors (Lipinski definition) is 0. The molecule has 0 aliphatic rings. The molecule has 0 unspecified atom stereocenters. The summed E-state index contributed by atoms with van der Waals surface area (Å²) in [7, 11) is 0. The molecule has 2 rings (SSSR count). The molecule has 0 aliphatic carbocycles. The van der Waals surface area contributed by atoms with Crippen LogP contribution < -0.4 is 0 Å². The average Bonchev–Trinajstić information content (AvgIpc) is 2.41. The van der Waals surface area contributed by atoms with E-state index in [1.807, 2.05) is 48.5 Å². The molecular weight excluding hydrogens is 210 g/mol. The van der Waals surface area contributed by atoms with E-state index in [1.165, 1.54) is 0 Å². The quantitative estimate of drug-likeness (QED) is 0.715. The van der Waals surface area contributed by atoms with Crippen LogP contribution in [0.2, 0.25) is 0 Å². The fraction of sp³-hybridized carbons (Fsp3) is 0.0667. The molecule has 0 heterocycles. The van der Waals surface area contributed by atoms with Crippen molar-refractivity contribution in [3.05, 3.63) is 76.6 Å². The minimum atomic E-state index is 0.00836. The number of ketones is 1. The summed E-state index contributed by atoms with van der Waals surface area (Å²) in [5.41, 5.74) is 1.57. The molecule has 0 atom stereocenters. The Hall–Kier alpha value is -2.40. The van der Waals surface area contributed by atoms with Gasteiger partial charge in [0.25, 0.3) is 0 Å². The van der Waals surface area contributed by atoms with E-state index in [2.05, 4.69) is 10.9 Å². The Kier molecular flexibility index (Phi) is 3.67. The molecule has 0 saturated heterocycles. The maximum atomic E-state index is 11.7. The Morgan fingerprint density at radius 3 is 2.18 bits per heavy atom. The van der Waals surface area contributed by atoms with Crippen LogP contribution in [0.15, 0.2) is 60.7 Å². The molecule has 0 aromatic heterocycles. The smallest absolute Gasteiger partial charge is 0.286 e. The van der Waals surface area contributed by atoms with Crippen molar-refractivity contribution < 1.29 is 4.79 Å². The molecule has 0 amide bonds. The third-order valence-electron chi connectivity index (χ3n) is 2.30. The fourth-order valence-corrected chi connectivity index (χ4v) is 1.43. The van der Waals surface area contributed by atoms with Gasteiger partial charge in [-0.25, -0.2) is 0 Å². The van der Waals surface area contributed by atoms with Gasteiger partial charge in [-0.05, 0) is 12.1 Å². The van der Waals surface area contributed by atoms with Crippen molar-refractivity contribution in [3.63, 3.8) is 0 Å². The molecule has 0 aliphatic heterocycles. The second-order valence-corrected chi connectivity index (χ2v) is 3.58. The van der Waals surface area contributed by atoms with Crippen LogP contribution in [0.5, 0.6) is 0 Å². The van der Waals surface area contributed by atoms with Gasteiger partial charge in [0.15, 0.2) is 0 Å². The van der Waals surface area contributed by atoms with Crippen LogP contribution >= 0.6 is 0 Å². The topological polar surface area (TPSA) is 21.4 Å². The van der Waals surface area contributed by atoms with Crippen LogP contribution in [0.4, 0.5) is 0 Å². The maximum absolute atomic E-state index is 11.7.